The molecular weight excluding hydrogens is 188 g/mol. The van der Waals surface area contributed by atoms with Crippen LogP contribution in [-0.4, -0.2) is 24.7 Å². The molecular formula is C12H18N2O. The maximum atomic E-state index is 5.34. The summed E-state index contributed by atoms with van der Waals surface area (Å²) in [5.74, 6) is 1.41. The van der Waals surface area contributed by atoms with Crippen LogP contribution >= 0.6 is 0 Å². The number of piperidine rings is 1. The van der Waals surface area contributed by atoms with Crippen LogP contribution in [0.1, 0.15) is 31.4 Å². The Morgan fingerprint density at radius 3 is 3.00 bits per heavy atom. The molecule has 1 aliphatic rings. The Balaban J connectivity index is 2.15. The van der Waals surface area contributed by atoms with E-state index >= 15 is 0 Å². The standard InChI is InChI=1S/C12H18N2O/c1-9-5-6-10(8-14-9)12-11(15-2)4-3-7-13-12/h3-4,7,9-10,14H,5-6,8H2,1-2H3. The van der Waals surface area contributed by atoms with Crippen molar-refractivity contribution in [1.29, 1.82) is 0 Å². The van der Waals surface area contributed by atoms with Crippen LogP contribution in [0.2, 0.25) is 0 Å². The fourth-order valence-corrected chi connectivity index (χ4v) is 2.11. The van der Waals surface area contributed by atoms with Crippen molar-refractivity contribution in [2.45, 2.75) is 31.7 Å². The van der Waals surface area contributed by atoms with E-state index in [1.165, 1.54) is 12.8 Å². The maximum Gasteiger partial charge on any atom is 0.140 e. The summed E-state index contributed by atoms with van der Waals surface area (Å²) in [7, 11) is 1.71. The van der Waals surface area contributed by atoms with E-state index in [1.807, 2.05) is 18.3 Å². The van der Waals surface area contributed by atoms with Gasteiger partial charge in [0.25, 0.3) is 0 Å². The monoisotopic (exact) mass is 206 g/mol. The Morgan fingerprint density at radius 2 is 2.33 bits per heavy atom. The van der Waals surface area contributed by atoms with Gasteiger partial charge < -0.3 is 10.1 Å². The number of nitrogens with zero attached hydrogens (tertiary/aromatic N) is 1. The third-order valence-corrected chi connectivity index (χ3v) is 3.07. The minimum Gasteiger partial charge on any atom is -0.495 e. The molecule has 15 heavy (non-hydrogen) atoms. The molecule has 82 valence electrons. The number of aromatic nitrogens is 1. The van der Waals surface area contributed by atoms with Gasteiger partial charge in [0.1, 0.15) is 5.75 Å². The fourth-order valence-electron chi connectivity index (χ4n) is 2.11. The molecule has 0 amide bonds. The molecule has 0 saturated carbocycles. The molecule has 1 saturated heterocycles. The Labute approximate surface area is 90.9 Å². The van der Waals surface area contributed by atoms with Crippen molar-refractivity contribution in [3.63, 3.8) is 0 Å². The first-order valence-corrected chi connectivity index (χ1v) is 5.53. The van der Waals surface area contributed by atoms with Gasteiger partial charge in [0.2, 0.25) is 0 Å². The first kappa shape index (κ1) is 10.4. The molecule has 1 N–H and O–H groups in total. The van der Waals surface area contributed by atoms with E-state index in [0.29, 0.717) is 12.0 Å². The van der Waals surface area contributed by atoms with Gasteiger partial charge in [-0.25, -0.2) is 0 Å². The average Bonchev–Trinajstić information content (AvgIpc) is 2.30. The second-order valence-corrected chi connectivity index (χ2v) is 4.17. The van der Waals surface area contributed by atoms with Crippen molar-refractivity contribution in [3.8, 4) is 5.75 Å². The zero-order valence-corrected chi connectivity index (χ0v) is 9.36. The van der Waals surface area contributed by atoms with Gasteiger partial charge in [-0.05, 0) is 31.9 Å². The van der Waals surface area contributed by atoms with E-state index < -0.39 is 0 Å². The number of hydrogen-bond donors (Lipinski definition) is 1. The summed E-state index contributed by atoms with van der Waals surface area (Å²) in [5, 5.41) is 3.49. The Hall–Kier alpha value is -1.09. The van der Waals surface area contributed by atoms with Crippen LogP contribution in [0.15, 0.2) is 18.3 Å². The highest BCUT2D eigenvalue weighted by Gasteiger charge is 2.22. The van der Waals surface area contributed by atoms with Crippen LogP contribution in [0.4, 0.5) is 0 Å². The third-order valence-electron chi connectivity index (χ3n) is 3.07. The molecule has 1 aromatic rings. The van der Waals surface area contributed by atoms with Crippen molar-refractivity contribution in [2.75, 3.05) is 13.7 Å². The van der Waals surface area contributed by atoms with Gasteiger partial charge in [0.15, 0.2) is 0 Å². The van der Waals surface area contributed by atoms with Gasteiger partial charge in [-0.15, -0.1) is 0 Å². The van der Waals surface area contributed by atoms with Crippen molar-refractivity contribution in [1.82, 2.24) is 10.3 Å². The molecule has 3 nitrogen and oxygen atoms in total. The number of hydrogen-bond acceptors (Lipinski definition) is 3. The minimum absolute atomic E-state index is 0.498. The number of methoxy groups -OCH3 is 1. The topological polar surface area (TPSA) is 34.1 Å². The van der Waals surface area contributed by atoms with Crippen molar-refractivity contribution in [3.05, 3.63) is 24.0 Å². The highest BCUT2D eigenvalue weighted by Crippen LogP contribution is 2.29. The molecule has 3 heteroatoms. The van der Waals surface area contributed by atoms with Gasteiger partial charge in [-0.3, -0.25) is 4.98 Å². The van der Waals surface area contributed by atoms with Gasteiger partial charge >= 0.3 is 0 Å². The van der Waals surface area contributed by atoms with Gasteiger partial charge in [0, 0.05) is 24.7 Å². The maximum absolute atomic E-state index is 5.34. The summed E-state index contributed by atoms with van der Waals surface area (Å²) in [4.78, 5) is 4.43. The second kappa shape index (κ2) is 4.62. The van der Waals surface area contributed by atoms with Gasteiger partial charge in [-0.1, -0.05) is 0 Å². The Morgan fingerprint density at radius 1 is 1.47 bits per heavy atom. The van der Waals surface area contributed by atoms with Crippen LogP contribution in [0.3, 0.4) is 0 Å². The number of pyridine rings is 1. The zero-order valence-electron chi connectivity index (χ0n) is 9.36. The zero-order chi connectivity index (χ0) is 10.7. The van der Waals surface area contributed by atoms with Crippen molar-refractivity contribution >= 4 is 0 Å². The molecule has 2 rings (SSSR count). The third kappa shape index (κ3) is 2.29. The lowest BCUT2D eigenvalue weighted by Crippen LogP contribution is -2.36. The Bertz CT molecular complexity index is 319. The fraction of sp³-hybridized carbons (Fsp3) is 0.583. The van der Waals surface area contributed by atoms with Crippen LogP contribution in [-0.2, 0) is 0 Å². The van der Waals surface area contributed by atoms with Gasteiger partial charge in [0.05, 0.1) is 12.8 Å². The summed E-state index contributed by atoms with van der Waals surface area (Å²) in [5.41, 5.74) is 1.10. The lowest BCUT2D eigenvalue weighted by molar-refractivity contribution is 0.358. The molecule has 0 bridgehead atoms. The molecule has 0 radical (unpaired) electrons. The van der Waals surface area contributed by atoms with E-state index in [0.717, 1.165) is 18.0 Å². The van der Waals surface area contributed by atoms with E-state index in [-0.39, 0.29) is 0 Å². The molecule has 2 unspecified atom stereocenters. The minimum atomic E-state index is 0.498. The first-order valence-electron chi connectivity index (χ1n) is 5.53. The highest BCUT2D eigenvalue weighted by atomic mass is 16.5. The van der Waals surface area contributed by atoms with Crippen LogP contribution in [0, 0.1) is 0 Å². The lowest BCUT2D eigenvalue weighted by atomic mass is 9.92. The SMILES string of the molecule is COc1cccnc1C1CCC(C)NC1. The van der Waals surface area contributed by atoms with Crippen molar-refractivity contribution < 1.29 is 4.74 Å². The second-order valence-electron chi connectivity index (χ2n) is 4.17. The molecule has 0 aliphatic carbocycles. The van der Waals surface area contributed by atoms with E-state index in [4.69, 9.17) is 4.74 Å². The normalized spacial score (nSPS) is 26.3. The molecule has 0 aromatic carbocycles. The van der Waals surface area contributed by atoms with Crippen molar-refractivity contribution in [2.24, 2.45) is 0 Å². The predicted molar refractivity (Wildman–Crippen MR) is 60.2 cm³/mol. The van der Waals surface area contributed by atoms with Crippen LogP contribution < -0.4 is 10.1 Å². The summed E-state index contributed by atoms with van der Waals surface area (Å²) in [6, 6.07) is 4.54. The molecule has 1 fully saturated rings. The molecule has 2 heterocycles. The van der Waals surface area contributed by atoms with E-state index in [9.17, 15) is 0 Å². The molecule has 1 aromatic heterocycles. The lowest BCUT2D eigenvalue weighted by Gasteiger charge is -2.27. The van der Waals surface area contributed by atoms with E-state index in [2.05, 4.69) is 17.2 Å². The first-order chi connectivity index (χ1) is 7.31. The molecule has 1 aliphatic heterocycles. The Kier molecular flexibility index (Phi) is 3.21. The largest absolute Gasteiger partial charge is 0.495 e. The van der Waals surface area contributed by atoms with E-state index in [1.54, 1.807) is 7.11 Å². The highest BCUT2D eigenvalue weighted by molar-refractivity contribution is 5.30. The summed E-state index contributed by atoms with van der Waals surface area (Å²) in [6.07, 6.45) is 4.25. The molecule has 2 atom stereocenters. The molecule has 0 spiro atoms. The van der Waals surface area contributed by atoms with Crippen LogP contribution in [0.25, 0.3) is 0 Å². The summed E-state index contributed by atoms with van der Waals surface area (Å²) >= 11 is 0. The van der Waals surface area contributed by atoms with Crippen LogP contribution in [0.5, 0.6) is 5.75 Å². The smallest absolute Gasteiger partial charge is 0.140 e. The summed E-state index contributed by atoms with van der Waals surface area (Å²) in [6.45, 7) is 3.24. The average molecular weight is 206 g/mol. The summed E-state index contributed by atoms with van der Waals surface area (Å²) < 4.78 is 5.34. The quantitative estimate of drug-likeness (QED) is 0.803. The number of rotatable bonds is 2. The number of nitrogens with one attached hydrogen (secondary N) is 1. The van der Waals surface area contributed by atoms with Gasteiger partial charge in [-0.2, -0.15) is 0 Å². The predicted octanol–water partition coefficient (Wildman–Crippen LogP) is 1.95. The number of ether oxygens (including phenoxy) is 1.